The average molecular weight is 264 g/mol. The van der Waals surface area contributed by atoms with Gasteiger partial charge >= 0.3 is 0 Å². The van der Waals surface area contributed by atoms with E-state index in [1.807, 2.05) is 25.1 Å². The van der Waals surface area contributed by atoms with Crippen LogP contribution in [0.5, 0.6) is 11.5 Å². The number of rotatable bonds is 3. The molecule has 3 nitrogen and oxygen atoms in total. The first-order valence-electron chi connectivity index (χ1n) is 5.58. The summed E-state index contributed by atoms with van der Waals surface area (Å²) in [7, 11) is 0. The zero-order valence-corrected chi connectivity index (χ0v) is 10.7. The van der Waals surface area contributed by atoms with Gasteiger partial charge in [-0.3, -0.25) is 0 Å². The summed E-state index contributed by atoms with van der Waals surface area (Å²) >= 11 is 6.10. The summed E-state index contributed by atoms with van der Waals surface area (Å²) in [5, 5.41) is 22.5. The van der Waals surface area contributed by atoms with Gasteiger partial charge in [0.1, 0.15) is 0 Å². The highest BCUT2D eigenvalue weighted by atomic mass is 35.5. The smallest absolute Gasteiger partial charge is 0.157 e. The van der Waals surface area contributed by atoms with E-state index in [0.717, 1.165) is 16.8 Å². The second-order valence-electron chi connectivity index (χ2n) is 4.11. The van der Waals surface area contributed by atoms with Crippen molar-refractivity contribution < 1.29 is 10.2 Å². The summed E-state index contributed by atoms with van der Waals surface area (Å²) in [6, 6.07) is 10.4. The van der Waals surface area contributed by atoms with Crippen LogP contribution in [0.25, 0.3) is 0 Å². The summed E-state index contributed by atoms with van der Waals surface area (Å²) in [6.45, 7) is 2.50. The molecule has 2 aromatic rings. The zero-order chi connectivity index (χ0) is 13.1. The normalized spacial score (nSPS) is 10.3. The van der Waals surface area contributed by atoms with Gasteiger partial charge in [-0.15, -0.1) is 0 Å². The van der Waals surface area contributed by atoms with E-state index in [1.165, 1.54) is 12.1 Å². The van der Waals surface area contributed by atoms with Crippen LogP contribution in [0.1, 0.15) is 11.1 Å². The van der Waals surface area contributed by atoms with Gasteiger partial charge in [-0.25, -0.2) is 0 Å². The Bertz CT molecular complexity index is 549. The molecule has 0 heterocycles. The van der Waals surface area contributed by atoms with Crippen LogP contribution in [0, 0.1) is 6.92 Å². The minimum Gasteiger partial charge on any atom is -0.504 e. The molecule has 4 heteroatoms. The molecule has 0 atom stereocenters. The maximum absolute atomic E-state index is 9.40. The molecule has 94 valence electrons. The van der Waals surface area contributed by atoms with Crippen molar-refractivity contribution in [1.29, 1.82) is 0 Å². The Kier molecular flexibility index (Phi) is 3.63. The second kappa shape index (κ2) is 5.19. The lowest BCUT2D eigenvalue weighted by molar-refractivity contribution is 0.403. The number of hydrogen-bond acceptors (Lipinski definition) is 3. The minimum atomic E-state index is -0.120. The summed E-state index contributed by atoms with van der Waals surface area (Å²) < 4.78 is 0. The van der Waals surface area contributed by atoms with Crippen LogP contribution in [-0.4, -0.2) is 10.2 Å². The molecule has 2 aromatic carbocycles. The number of para-hydroxylation sites is 1. The highest BCUT2D eigenvalue weighted by molar-refractivity contribution is 6.33. The van der Waals surface area contributed by atoms with Crippen molar-refractivity contribution in [2.45, 2.75) is 13.5 Å². The molecular formula is C14H14ClNO2. The number of hydrogen-bond donors (Lipinski definition) is 3. The Morgan fingerprint density at radius 1 is 1.11 bits per heavy atom. The largest absolute Gasteiger partial charge is 0.504 e. The number of halogens is 1. The molecule has 0 bridgehead atoms. The number of phenolic OH excluding ortho intramolecular Hbond substituents is 2. The molecule has 0 amide bonds. The fourth-order valence-corrected chi connectivity index (χ4v) is 2.01. The topological polar surface area (TPSA) is 52.5 Å². The third-order valence-corrected chi connectivity index (χ3v) is 3.05. The quantitative estimate of drug-likeness (QED) is 0.741. The summed E-state index contributed by atoms with van der Waals surface area (Å²) in [4.78, 5) is 0. The molecule has 0 unspecified atom stereocenters. The molecule has 0 aliphatic rings. The SMILES string of the molecule is Cc1cccc(Cl)c1NCc1ccc(O)c(O)c1. The van der Waals surface area contributed by atoms with Gasteiger partial charge in [0, 0.05) is 6.54 Å². The number of aryl methyl sites for hydroxylation is 1. The van der Waals surface area contributed by atoms with Crippen molar-refractivity contribution in [2.75, 3.05) is 5.32 Å². The first kappa shape index (κ1) is 12.6. The van der Waals surface area contributed by atoms with E-state index in [4.69, 9.17) is 11.6 Å². The number of nitrogens with one attached hydrogen (secondary N) is 1. The lowest BCUT2D eigenvalue weighted by Gasteiger charge is -2.11. The Morgan fingerprint density at radius 2 is 1.89 bits per heavy atom. The lowest BCUT2D eigenvalue weighted by Crippen LogP contribution is -2.01. The van der Waals surface area contributed by atoms with Crippen LogP contribution in [0.4, 0.5) is 5.69 Å². The molecule has 0 aliphatic carbocycles. The first-order valence-corrected chi connectivity index (χ1v) is 5.95. The van der Waals surface area contributed by atoms with E-state index in [0.29, 0.717) is 11.6 Å². The number of phenols is 2. The van der Waals surface area contributed by atoms with Gasteiger partial charge in [-0.1, -0.05) is 29.8 Å². The van der Waals surface area contributed by atoms with Gasteiger partial charge in [0.15, 0.2) is 11.5 Å². The van der Waals surface area contributed by atoms with Gasteiger partial charge in [0.25, 0.3) is 0 Å². The third kappa shape index (κ3) is 2.68. The molecule has 0 aromatic heterocycles. The molecule has 0 aliphatic heterocycles. The Hall–Kier alpha value is -1.87. The first-order chi connectivity index (χ1) is 8.58. The Morgan fingerprint density at radius 3 is 2.56 bits per heavy atom. The Balaban J connectivity index is 2.14. The van der Waals surface area contributed by atoms with Crippen molar-refractivity contribution in [1.82, 2.24) is 0 Å². The summed E-state index contributed by atoms with van der Waals surface area (Å²) in [5.74, 6) is -0.238. The van der Waals surface area contributed by atoms with Gasteiger partial charge in [0.2, 0.25) is 0 Å². The van der Waals surface area contributed by atoms with Crippen LogP contribution in [0.2, 0.25) is 5.02 Å². The van der Waals surface area contributed by atoms with Crippen molar-refractivity contribution in [3.05, 3.63) is 52.5 Å². The predicted molar refractivity (Wildman–Crippen MR) is 73.3 cm³/mol. The van der Waals surface area contributed by atoms with E-state index in [2.05, 4.69) is 5.32 Å². The van der Waals surface area contributed by atoms with E-state index < -0.39 is 0 Å². The zero-order valence-electron chi connectivity index (χ0n) is 9.94. The third-order valence-electron chi connectivity index (χ3n) is 2.73. The molecule has 18 heavy (non-hydrogen) atoms. The second-order valence-corrected chi connectivity index (χ2v) is 4.52. The van der Waals surface area contributed by atoms with Crippen molar-refractivity contribution in [3.63, 3.8) is 0 Å². The molecular weight excluding hydrogens is 250 g/mol. The van der Waals surface area contributed by atoms with E-state index in [1.54, 1.807) is 6.07 Å². The van der Waals surface area contributed by atoms with Gasteiger partial charge < -0.3 is 15.5 Å². The molecule has 2 rings (SSSR count). The molecule has 0 radical (unpaired) electrons. The van der Waals surface area contributed by atoms with E-state index in [-0.39, 0.29) is 11.5 Å². The van der Waals surface area contributed by atoms with Crippen LogP contribution >= 0.6 is 11.6 Å². The minimum absolute atomic E-state index is 0.118. The molecule has 0 fully saturated rings. The maximum Gasteiger partial charge on any atom is 0.157 e. The van der Waals surface area contributed by atoms with Crippen LogP contribution in [0.15, 0.2) is 36.4 Å². The summed E-state index contributed by atoms with van der Waals surface area (Å²) in [5.41, 5.74) is 2.81. The Labute approximate surface area is 111 Å². The molecule has 0 spiro atoms. The van der Waals surface area contributed by atoms with Crippen molar-refractivity contribution in [3.8, 4) is 11.5 Å². The number of benzene rings is 2. The lowest BCUT2D eigenvalue weighted by atomic mass is 10.1. The monoisotopic (exact) mass is 263 g/mol. The number of aromatic hydroxyl groups is 2. The highest BCUT2D eigenvalue weighted by Crippen LogP contribution is 2.28. The standard InChI is InChI=1S/C14H14ClNO2/c1-9-3-2-4-11(15)14(9)16-8-10-5-6-12(17)13(18)7-10/h2-7,16-18H,8H2,1H3. The van der Waals surface area contributed by atoms with Gasteiger partial charge in [0.05, 0.1) is 10.7 Å². The van der Waals surface area contributed by atoms with Crippen molar-refractivity contribution in [2.24, 2.45) is 0 Å². The van der Waals surface area contributed by atoms with Crippen molar-refractivity contribution >= 4 is 17.3 Å². The summed E-state index contributed by atoms with van der Waals surface area (Å²) in [6.07, 6.45) is 0. The van der Waals surface area contributed by atoms with Crippen LogP contribution in [-0.2, 0) is 6.54 Å². The molecule has 0 saturated heterocycles. The van der Waals surface area contributed by atoms with E-state index in [9.17, 15) is 10.2 Å². The number of anilines is 1. The van der Waals surface area contributed by atoms with E-state index >= 15 is 0 Å². The fraction of sp³-hybridized carbons (Fsp3) is 0.143. The van der Waals surface area contributed by atoms with Gasteiger partial charge in [-0.2, -0.15) is 0 Å². The fourth-order valence-electron chi connectivity index (χ4n) is 1.73. The maximum atomic E-state index is 9.40. The highest BCUT2D eigenvalue weighted by Gasteiger charge is 2.04. The van der Waals surface area contributed by atoms with Gasteiger partial charge in [-0.05, 0) is 36.2 Å². The molecule has 3 N–H and O–H groups in total. The van der Waals surface area contributed by atoms with Crippen LogP contribution < -0.4 is 5.32 Å². The van der Waals surface area contributed by atoms with Crippen LogP contribution in [0.3, 0.4) is 0 Å². The molecule has 0 saturated carbocycles. The average Bonchev–Trinajstić information content (AvgIpc) is 2.33. The predicted octanol–water partition coefficient (Wildman–Crippen LogP) is 3.67.